The van der Waals surface area contributed by atoms with Gasteiger partial charge in [-0.2, -0.15) is 0 Å². The number of nitrogens with one attached hydrogen (secondary N) is 2. The highest BCUT2D eigenvalue weighted by Crippen LogP contribution is 2.30. The standard InChI is InChI=1S/C17H24Cl2N2O/c1-11(13-5-4-8-20-10-13)9-16(22)21-12(2)14-6-3-7-15(18)17(14)19/h3,6-7,11-13,20H,4-5,8-10H2,1-2H3,(H,21,22). The van der Waals surface area contributed by atoms with Crippen LogP contribution in [0.5, 0.6) is 0 Å². The molecule has 0 spiro atoms. The van der Waals surface area contributed by atoms with Gasteiger partial charge in [-0.3, -0.25) is 4.79 Å². The Kier molecular flexibility index (Phi) is 6.54. The van der Waals surface area contributed by atoms with Crippen LogP contribution >= 0.6 is 23.2 Å². The van der Waals surface area contributed by atoms with Gasteiger partial charge in [-0.05, 0) is 56.3 Å². The lowest BCUT2D eigenvalue weighted by Crippen LogP contribution is -2.36. The molecule has 0 saturated carbocycles. The number of hydrogen-bond donors (Lipinski definition) is 2. The summed E-state index contributed by atoms with van der Waals surface area (Å²) in [6, 6.07) is 5.35. The molecule has 2 rings (SSSR count). The summed E-state index contributed by atoms with van der Waals surface area (Å²) in [5.74, 6) is 1.04. The normalized spacial score (nSPS) is 21.2. The zero-order chi connectivity index (χ0) is 16.1. The zero-order valence-electron chi connectivity index (χ0n) is 13.2. The largest absolute Gasteiger partial charge is 0.350 e. The highest BCUT2D eigenvalue weighted by atomic mass is 35.5. The Bertz CT molecular complexity index is 515. The van der Waals surface area contributed by atoms with Crippen molar-refractivity contribution in [3.63, 3.8) is 0 Å². The summed E-state index contributed by atoms with van der Waals surface area (Å²) < 4.78 is 0. The van der Waals surface area contributed by atoms with Crippen LogP contribution in [0.25, 0.3) is 0 Å². The lowest BCUT2D eigenvalue weighted by atomic mass is 9.85. The minimum Gasteiger partial charge on any atom is -0.350 e. The van der Waals surface area contributed by atoms with Gasteiger partial charge in [0.25, 0.3) is 0 Å². The van der Waals surface area contributed by atoms with Crippen molar-refractivity contribution in [1.82, 2.24) is 10.6 Å². The van der Waals surface area contributed by atoms with E-state index in [0.29, 0.717) is 28.3 Å². The van der Waals surface area contributed by atoms with E-state index in [2.05, 4.69) is 17.6 Å². The summed E-state index contributed by atoms with van der Waals surface area (Å²) in [5.41, 5.74) is 0.856. The Morgan fingerprint density at radius 1 is 1.41 bits per heavy atom. The first-order chi connectivity index (χ1) is 10.5. The van der Waals surface area contributed by atoms with Crippen molar-refractivity contribution in [1.29, 1.82) is 0 Å². The fourth-order valence-electron chi connectivity index (χ4n) is 3.06. The number of halogens is 2. The molecule has 0 aliphatic carbocycles. The molecule has 0 aromatic heterocycles. The minimum absolute atomic E-state index is 0.0709. The maximum atomic E-state index is 12.3. The minimum atomic E-state index is -0.143. The lowest BCUT2D eigenvalue weighted by molar-refractivity contribution is -0.123. The number of benzene rings is 1. The van der Waals surface area contributed by atoms with Crippen molar-refractivity contribution < 1.29 is 4.79 Å². The predicted molar refractivity (Wildman–Crippen MR) is 92.4 cm³/mol. The van der Waals surface area contributed by atoms with Gasteiger partial charge in [-0.25, -0.2) is 0 Å². The predicted octanol–water partition coefficient (Wildman–Crippen LogP) is 4.20. The molecule has 1 fully saturated rings. The molecule has 5 heteroatoms. The summed E-state index contributed by atoms with van der Waals surface area (Å²) in [6.07, 6.45) is 2.96. The Labute approximate surface area is 142 Å². The third kappa shape index (κ3) is 4.61. The number of piperidine rings is 1. The van der Waals surface area contributed by atoms with Crippen LogP contribution in [-0.2, 0) is 4.79 Å². The monoisotopic (exact) mass is 342 g/mol. The molecular formula is C17H24Cl2N2O. The number of amides is 1. The third-order valence-corrected chi connectivity index (χ3v) is 5.31. The molecule has 1 saturated heterocycles. The van der Waals surface area contributed by atoms with Gasteiger partial charge in [0.2, 0.25) is 5.91 Å². The van der Waals surface area contributed by atoms with Gasteiger partial charge in [-0.1, -0.05) is 42.3 Å². The van der Waals surface area contributed by atoms with E-state index in [0.717, 1.165) is 18.7 Å². The first kappa shape index (κ1) is 17.6. The lowest BCUT2D eigenvalue weighted by Gasteiger charge is -2.28. The van der Waals surface area contributed by atoms with Gasteiger partial charge >= 0.3 is 0 Å². The molecule has 22 heavy (non-hydrogen) atoms. The van der Waals surface area contributed by atoms with Crippen LogP contribution in [0.4, 0.5) is 0 Å². The van der Waals surface area contributed by atoms with Crippen molar-refractivity contribution in [2.24, 2.45) is 11.8 Å². The molecule has 3 unspecified atom stereocenters. The van der Waals surface area contributed by atoms with E-state index < -0.39 is 0 Å². The van der Waals surface area contributed by atoms with Crippen LogP contribution in [0.2, 0.25) is 10.0 Å². The van der Waals surface area contributed by atoms with E-state index >= 15 is 0 Å². The van der Waals surface area contributed by atoms with Crippen molar-refractivity contribution in [3.05, 3.63) is 33.8 Å². The van der Waals surface area contributed by atoms with Gasteiger partial charge in [-0.15, -0.1) is 0 Å². The average Bonchev–Trinajstić information content (AvgIpc) is 2.50. The molecule has 1 aliphatic heterocycles. The summed E-state index contributed by atoms with van der Waals surface area (Å²) >= 11 is 12.2. The third-order valence-electron chi connectivity index (χ3n) is 4.47. The van der Waals surface area contributed by atoms with Crippen LogP contribution < -0.4 is 10.6 Å². The Morgan fingerprint density at radius 3 is 2.86 bits per heavy atom. The van der Waals surface area contributed by atoms with Crippen molar-refractivity contribution >= 4 is 29.1 Å². The molecule has 122 valence electrons. The molecule has 2 N–H and O–H groups in total. The Morgan fingerprint density at radius 2 is 2.18 bits per heavy atom. The number of hydrogen-bond acceptors (Lipinski definition) is 2. The first-order valence-corrected chi connectivity index (χ1v) is 8.68. The fraction of sp³-hybridized carbons (Fsp3) is 0.588. The van der Waals surface area contributed by atoms with Crippen LogP contribution in [0.1, 0.15) is 44.7 Å². The van der Waals surface area contributed by atoms with Crippen molar-refractivity contribution in [2.75, 3.05) is 13.1 Å². The average molecular weight is 343 g/mol. The number of rotatable bonds is 5. The molecule has 0 bridgehead atoms. The summed E-state index contributed by atoms with van der Waals surface area (Å²) in [6.45, 7) is 6.21. The summed E-state index contributed by atoms with van der Waals surface area (Å²) in [4.78, 5) is 12.3. The maximum absolute atomic E-state index is 12.3. The van der Waals surface area contributed by atoms with E-state index in [9.17, 15) is 4.79 Å². The second kappa shape index (κ2) is 8.19. The van der Waals surface area contributed by atoms with Crippen LogP contribution in [0.15, 0.2) is 18.2 Å². The molecule has 1 amide bonds. The highest BCUT2D eigenvalue weighted by Gasteiger charge is 2.23. The molecule has 1 aromatic rings. The van der Waals surface area contributed by atoms with Gasteiger partial charge in [0.15, 0.2) is 0 Å². The zero-order valence-corrected chi connectivity index (χ0v) is 14.7. The second-order valence-electron chi connectivity index (χ2n) is 6.22. The van der Waals surface area contributed by atoms with Crippen LogP contribution in [0, 0.1) is 11.8 Å². The van der Waals surface area contributed by atoms with Gasteiger partial charge < -0.3 is 10.6 Å². The highest BCUT2D eigenvalue weighted by molar-refractivity contribution is 6.42. The smallest absolute Gasteiger partial charge is 0.220 e. The maximum Gasteiger partial charge on any atom is 0.220 e. The molecule has 0 radical (unpaired) electrons. The fourth-order valence-corrected chi connectivity index (χ4v) is 3.53. The quantitative estimate of drug-likeness (QED) is 0.841. The Hall–Kier alpha value is -0.770. The first-order valence-electron chi connectivity index (χ1n) is 7.93. The van der Waals surface area contributed by atoms with Gasteiger partial charge in [0.05, 0.1) is 16.1 Å². The molecule has 3 nitrogen and oxygen atoms in total. The van der Waals surface area contributed by atoms with Crippen molar-refractivity contribution in [2.45, 2.75) is 39.2 Å². The summed E-state index contributed by atoms with van der Waals surface area (Å²) in [7, 11) is 0. The van der Waals surface area contributed by atoms with Gasteiger partial charge in [0, 0.05) is 6.42 Å². The van der Waals surface area contributed by atoms with E-state index in [-0.39, 0.29) is 11.9 Å². The molecule has 3 atom stereocenters. The van der Waals surface area contributed by atoms with E-state index in [1.807, 2.05) is 19.1 Å². The molecular weight excluding hydrogens is 319 g/mol. The number of carbonyl (C=O) groups excluding carboxylic acids is 1. The Balaban J connectivity index is 1.89. The van der Waals surface area contributed by atoms with E-state index in [1.54, 1.807) is 6.07 Å². The van der Waals surface area contributed by atoms with Crippen LogP contribution in [-0.4, -0.2) is 19.0 Å². The molecule has 1 heterocycles. The SMILES string of the molecule is CC(NC(=O)CC(C)C1CCCNC1)c1cccc(Cl)c1Cl. The van der Waals surface area contributed by atoms with Gasteiger partial charge in [0.1, 0.15) is 0 Å². The molecule has 1 aliphatic rings. The van der Waals surface area contributed by atoms with Crippen LogP contribution in [0.3, 0.4) is 0 Å². The second-order valence-corrected chi connectivity index (χ2v) is 7.01. The summed E-state index contributed by atoms with van der Waals surface area (Å²) in [5, 5.41) is 7.47. The number of carbonyl (C=O) groups is 1. The van der Waals surface area contributed by atoms with E-state index in [1.165, 1.54) is 12.8 Å². The topological polar surface area (TPSA) is 41.1 Å². The molecule has 1 aromatic carbocycles. The van der Waals surface area contributed by atoms with E-state index in [4.69, 9.17) is 23.2 Å². The van der Waals surface area contributed by atoms with Crippen molar-refractivity contribution in [3.8, 4) is 0 Å².